The van der Waals surface area contributed by atoms with Gasteiger partial charge in [-0.1, -0.05) is 38.1 Å². The second kappa shape index (κ2) is 10.5. The van der Waals surface area contributed by atoms with Crippen LogP contribution in [-0.2, 0) is 19.1 Å². The van der Waals surface area contributed by atoms with E-state index in [0.29, 0.717) is 19.4 Å². The van der Waals surface area contributed by atoms with Crippen molar-refractivity contribution in [3.8, 4) is 0 Å². The summed E-state index contributed by atoms with van der Waals surface area (Å²) in [5.74, 6) is -2.40. The topological polar surface area (TPSA) is 90.4 Å². The average molecular weight is 538 g/mol. The standard InChI is InChI=1S/C31H43N3O5/c1-9-14-32(8)27(36)24-25-28(37)34(22(11-3)18-35)26(31(25)17-21(6)30(24,7)39-31)29(38)33(15-10-2)23-16-19(4)12-13-20(23)5/h9-10,12-13,16,21-22,24-26,35H,1-2,11,14-15,17-18H2,3-8H3/t21?,22-,24+,25-,26?,30-,31?/m0/s1. The van der Waals surface area contributed by atoms with E-state index >= 15 is 0 Å². The maximum Gasteiger partial charge on any atom is 0.253 e. The fourth-order valence-corrected chi connectivity index (χ4v) is 7.25. The summed E-state index contributed by atoms with van der Waals surface area (Å²) in [6.07, 6.45) is 4.26. The zero-order valence-electron chi connectivity index (χ0n) is 24.1. The Hall–Kier alpha value is -2.97. The number of likely N-dealkylation sites (tertiary alicyclic amines) is 1. The van der Waals surface area contributed by atoms with Crippen LogP contribution in [0.15, 0.2) is 43.5 Å². The zero-order chi connectivity index (χ0) is 28.9. The highest BCUT2D eigenvalue weighted by atomic mass is 16.5. The molecule has 7 atom stereocenters. The maximum absolute atomic E-state index is 14.8. The van der Waals surface area contributed by atoms with E-state index in [4.69, 9.17) is 4.74 Å². The minimum atomic E-state index is -1.18. The number of hydrogen-bond acceptors (Lipinski definition) is 5. The third-order valence-corrected chi connectivity index (χ3v) is 9.34. The molecular weight excluding hydrogens is 494 g/mol. The molecule has 3 aliphatic rings. The number of aliphatic hydroxyl groups is 1. The van der Waals surface area contributed by atoms with Gasteiger partial charge >= 0.3 is 0 Å². The van der Waals surface area contributed by atoms with Gasteiger partial charge in [0.25, 0.3) is 5.91 Å². The van der Waals surface area contributed by atoms with Gasteiger partial charge in [0.2, 0.25) is 11.8 Å². The molecule has 1 aromatic carbocycles. The summed E-state index contributed by atoms with van der Waals surface area (Å²) >= 11 is 0. The van der Waals surface area contributed by atoms with Crippen LogP contribution < -0.4 is 4.90 Å². The molecule has 3 amide bonds. The van der Waals surface area contributed by atoms with Crippen LogP contribution in [0.2, 0.25) is 0 Å². The number of aliphatic hydroxyl groups excluding tert-OH is 1. The molecule has 0 aromatic heterocycles. The van der Waals surface area contributed by atoms with Crippen LogP contribution in [0, 0.1) is 31.6 Å². The van der Waals surface area contributed by atoms with E-state index in [9.17, 15) is 19.5 Å². The summed E-state index contributed by atoms with van der Waals surface area (Å²) in [4.78, 5) is 47.8. The average Bonchev–Trinajstić information content (AvgIpc) is 3.41. The van der Waals surface area contributed by atoms with E-state index in [1.165, 1.54) is 0 Å². The van der Waals surface area contributed by atoms with E-state index in [0.717, 1.165) is 16.8 Å². The summed E-state index contributed by atoms with van der Waals surface area (Å²) in [5, 5.41) is 10.3. The molecule has 8 heteroatoms. The number of ether oxygens (including phenoxy) is 1. The third kappa shape index (κ3) is 4.23. The number of carbonyl (C=O) groups excluding carboxylic acids is 3. The van der Waals surface area contributed by atoms with Gasteiger partial charge in [-0.15, -0.1) is 13.2 Å². The molecule has 0 radical (unpaired) electrons. The molecule has 212 valence electrons. The molecule has 3 heterocycles. The van der Waals surface area contributed by atoms with Crippen LogP contribution in [-0.4, -0.2) is 82.7 Å². The molecule has 8 nitrogen and oxygen atoms in total. The number of likely N-dealkylation sites (N-methyl/N-ethyl adjacent to an activating group) is 1. The number of nitrogens with zero attached hydrogens (tertiary/aromatic N) is 3. The highest BCUT2D eigenvalue weighted by Gasteiger charge is 2.80. The fraction of sp³-hybridized carbons (Fsp3) is 0.581. The first kappa shape index (κ1) is 29.0. The Morgan fingerprint density at radius 3 is 2.49 bits per heavy atom. The molecule has 1 spiro atoms. The summed E-state index contributed by atoms with van der Waals surface area (Å²) in [7, 11) is 1.70. The Morgan fingerprint density at radius 1 is 1.23 bits per heavy atom. The maximum atomic E-state index is 14.8. The SMILES string of the molecule is C=CCN(C)C(=O)[C@H]1[C@H]2C(=O)N([C@@H](CC)CO)C(C(=O)N(CC=C)c3cc(C)ccc3C)C23CC(C)[C@]1(C)O3. The van der Waals surface area contributed by atoms with Crippen LogP contribution in [0.3, 0.4) is 0 Å². The second-order valence-corrected chi connectivity index (χ2v) is 11.7. The predicted octanol–water partition coefficient (Wildman–Crippen LogP) is 3.25. The van der Waals surface area contributed by atoms with Gasteiger partial charge in [-0.3, -0.25) is 14.4 Å². The Morgan fingerprint density at radius 2 is 1.90 bits per heavy atom. The normalized spacial score (nSPS) is 31.7. The van der Waals surface area contributed by atoms with Crippen molar-refractivity contribution in [2.45, 2.75) is 70.7 Å². The number of carbonyl (C=O) groups is 3. The van der Waals surface area contributed by atoms with Crippen molar-refractivity contribution in [3.05, 3.63) is 54.6 Å². The van der Waals surface area contributed by atoms with Gasteiger partial charge in [0.15, 0.2) is 0 Å². The minimum absolute atomic E-state index is 0.0642. The van der Waals surface area contributed by atoms with Gasteiger partial charge in [-0.25, -0.2) is 0 Å². The van der Waals surface area contributed by atoms with Crippen LogP contribution in [0.5, 0.6) is 0 Å². The monoisotopic (exact) mass is 537 g/mol. The van der Waals surface area contributed by atoms with Crippen molar-refractivity contribution in [3.63, 3.8) is 0 Å². The van der Waals surface area contributed by atoms with E-state index in [1.807, 2.05) is 52.8 Å². The van der Waals surface area contributed by atoms with Crippen molar-refractivity contribution in [2.24, 2.45) is 17.8 Å². The number of hydrogen-bond donors (Lipinski definition) is 1. The molecule has 2 bridgehead atoms. The summed E-state index contributed by atoms with van der Waals surface area (Å²) in [5.41, 5.74) is 0.586. The summed E-state index contributed by atoms with van der Waals surface area (Å²) in [6.45, 7) is 17.7. The molecule has 0 saturated carbocycles. The number of aryl methyl sites for hydroxylation is 2. The minimum Gasteiger partial charge on any atom is -0.394 e. The zero-order valence-corrected chi connectivity index (χ0v) is 24.1. The molecule has 3 unspecified atom stereocenters. The van der Waals surface area contributed by atoms with Crippen LogP contribution in [0.1, 0.15) is 44.7 Å². The Bertz CT molecular complexity index is 1180. The van der Waals surface area contributed by atoms with Crippen LogP contribution >= 0.6 is 0 Å². The number of amides is 3. The quantitative estimate of drug-likeness (QED) is 0.463. The lowest BCUT2D eigenvalue weighted by atomic mass is 9.62. The van der Waals surface area contributed by atoms with E-state index in [-0.39, 0.29) is 36.8 Å². The first-order chi connectivity index (χ1) is 18.4. The molecular formula is C31H43N3O5. The first-order valence-corrected chi connectivity index (χ1v) is 13.9. The lowest BCUT2D eigenvalue weighted by Gasteiger charge is -2.39. The van der Waals surface area contributed by atoms with Crippen LogP contribution in [0.25, 0.3) is 0 Å². The Labute approximate surface area is 232 Å². The van der Waals surface area contributed by atoms with E-state index < -0.39 is 35.1 Å². The van der Waals surface area contributed by atoms with Crippen molar-refractivity contribution < 1.29 is 24.2 Å². The number of anilines is 1. The van der Waals surface area contributed by atoms with Crippen molar-refractivity contribution >= 4 is 23.4 Å². The molecule has 1 N–H and O–H groups in total. The smallest absolute Gasteiger partial charge is 0.253 e. The Kier molecular flexibility index (Phi) is 7.85. The largest absolute Gasteiger partial charge is 0.394 e. The molecule has 1 aromatic rings. The summed E-state index contributed by atoms with van der Waals surface area (Å²) < 4.78 is 6.85. The van der Waals surface area contributed by atoms with Gasteiger partial charge in [0.1, 0.15) is 11.6 Å². The fourth-order valence-electron chi connectivity index (χ4n) is 7.25. The third-order valence-electron chi connectivity index (χ3n) is 9.34. The van der Waals surface area contributed by atoms with Crippen molar-refractivity contribution in [1.82, 2.24) is 9.80 Å². The lowest BCUT2D eigenvalue weighted by molar-refractivity contribution is -0.153. The van der Waals surface area contributed by atoms with Gasteiger partial charge < -0.3 is 24.5 Å². The van der Waals surface area contributed by atoms with E-state index in [2.05, 4.69) is 13.2 Å². The lowest BCUT2D eigenvalue weighted by Crippen LogP contribution is -2.59. The summed E-state index contributed by atoms with van der Waals surface area (Å²) in [6, 6.07) is 4.36. The molecule has 3 aliphatic heterocycles. The highest BCUT2D eigenvalue weighted by molar-refractivity contribution is 6.05. The molecule has 4 rings (SSSR count). The first-order valence-electron chi connectivity index (χ1n) is 13.9. The molecule has 3 saturated heterocycles. The van der Waals surface area contributed by atoms with Gasteiger partial charge in [-0.2, -0.15) is 0 Å². The van der Waals surface area contributed by atoms with Crippen LogP contribution in [0.4, 0.5) is 5.69 Å². The molecule has 3 fully saturated rings. The van der Waals surface area contributed by atoms with Gasteiger partial charge in [-0.05, 0) is 56.7 Å². The van der Waals surface area contributed by atoms with Gasteiger partial charge in [0.05, 0.1) is 30.1 Å². The molecule has 0 aliphatic carbocycles. The highest BCUT2D eigenvalue weighted by Crippen LogP contribution is 2.65. The molecule has 39 heavy (non-hydrogen) atoms. The number of benzene rings is 1. The van der Waals surface area contributed by atoms with E-state index in [1.54, 1.807) is 33.9 Å². The van der Waals surface area contributed by atoms with Crippen molar-refractivity contribution in [1.29, 1.82) is 0 Å². The Balaban J connectivity index is 1.90. The second-order valence-electron chi connectivity index (χ2n) is 11.7. The van der Waals surface area contributed by atoms with Gasteiger partial charge in [0, 0.05) is 25.8 Å². The van der Waals surface area contributed by atoms with Crippen molar-refractivity contribution in [2.75, 3.05) is 31.6 Å². The number of fused-ring (bicyclic) bond motifs is 1. The number of rotatable bonds is 10. The predicted molar refractivity (Wildman–Crippen MR) is 151 cm³/mol.